The maximum Gasteiger partial charge on any atom is 0.291 e. The minimum atomic E-state index is -0.288. The van der Waals surface area contributed by atoms with E-state index in [0.29, 0.717) is 23.5 Å². The Kier molecular flexibility index (Phi) is 6.67. The highest BCUT2D eigenvalue weighted by molar-refractivity contribution is 6.08. The van der Waals surface area contributed by atoms with Crippen molar-refractivity contribution in [2.75, 3.05) is 31.5 Å². The SMILES string of the molecule is CC1CCN(CCCNC(=O)c2ccc(C=C3Oc4ccccc4NC3=O)cc2)CC1. The number of nitrogens with zero attached hydrogens (tertiary/aromatic N) is 1. The normalized spacial score (nSPS) is 18.2. The molecule has 2 heterocycles. The first-order chi connectivity index (χ1) is 15.1. The quantitative estimate of drug-likeness (QED) is 0.550. The molecule has 0 atom stereocenters. The predicted molar refractivity (Wildman–Crippen MR) is 122 cm³/mol. The van der Waals surface area contributed by atoms with Crippen molar-refractivity contribution in [2.45, 2.75) is 26.2 Å². The van der Waals surface area contributed by atoms with Crippen LogP contribution in [-0.4, -0.2) is 42.9 Å². The molecule has 0 saturated carbocycles. The predicted octanol–water partition coefficient (Wildman–Crippen LogP) is 3.91. The van der Waals surface area contributed by atoms with E-state index >= 15 is 0 Å². The average Bonchev–Trinajstić information content (AvgIpc) is 2.79. The standard InChI is InChI=1S/C25H29N3O3/c1-18-11-15-28(16-12-18)14-4-13-26-24(29)20-9-7-19(8-10-20)17-23-25(30)27-21-5-2-3-6-22(21)31-23/h2-3,5-10,17-18H,4,11-16H2,1H3,(H,26,29)(H,27,30). The van der Waals surface area contributed by atoms with Crippen LogP contribution in [-0.2, 0) is 4.79 Å². The third kappa shape index (κ3) is 5.52. The van der Waals surface area contributed by atoms with Crippen LogP contribution in [0.15, 0.2) is 54.3 Å². The van der Waals surface area contributed by atoms with E-state index in [-0.39, 0.29) is 17.6 Å². The van der Waals surface area contributed by atoms with E-state index in [1.807, 2.05) is 30.3 Å². The Balaban J connectivity index is 1.27. The van der Waals surface area contributed by atoms with Gasteiger partial charge in [-0.2, -0.15) is 0 Å². The molecule has 0 spiro atoms. The van der Waals surface area contributed by atoms with Crippen LogP contribution in [0.25, 0.3) is 6.08 Å². The number of ether oxygens (including phenoxy) is 1. The van der Waals surface area contributed by atoms with Crippen LogP contribution in [0.1, 0.15) is 42.1 Å². The summed E-state index contributed by atoms with van der Waals surface area (Å²) in [5.74, 6) is 1.31. The Labute approximate surface area is 183 Å². The van der Waals surface area contributed by atoms with E-state index in [1.54, 1.807) is 24.3 Å². The molecule has 0 aliphatic carbocycles. The number of hydrogen-bond donors (Lipinski definition) is 2. The highest BCUT2D eigenvalue weighted by atomic mass is 16.5. The van der Waals surface area contributed by atoms with Gasteiger partial charge < -0.3 is 20.3 Å². The zero-order valence-corrected chi connectivity index (χ0v) is 17.9. The summed E-state index contributed by atoms with van der Waals surface area (Å²) >= 11 is 0. The van der Waals surface area contributed by atoms with E-state index in [4.69, 9.17) is 4.74 Å². The second kappa shape index (κ2) is 9.79. The molecule has 1 saturated heterocycles. The maximum absolute atomic E-state index is 12.4. The zero-order chi connectivity index (χ0) is 21.6. The molecule has 2 aliphatic rings. The largest absolute Gasteiger partial charge is 0.449 e. The Morgan fingerprint density at radius 1 is 1.16 bits per heavy atom. The minimum Gasteiger partial charge on any atom is -0.449 e. The topological polar surface area (TPSA) is 70.7 Å². The molecule has 2 N–H and O–H groups in total. The lowest BCUT2D eigenvalue weighted by Gasteiger charge is -2.30. The fraction of sp³-hybridized carbons (Fsp3) is 0.360. The van der Waals surface area contributed by atoms with Crippen LogP contribution in [0.5, 0.6) is 5.75 Å². The molecule has 4 rings (SSSR count). The molecule has 2 aliphatic heterocycles. The summed E-state index contributed by atoms with van der Waals surface area (Å²) in [6.07, 6.45) is 5.17. The van der Waals surface area contributed by atoms with Gasteiger partial charge in [0.2, 0.25) is 0 Å². The number of rotatable bonds is 6. The van der Waals surface area contributed by atoms with Crippen molar-refractivity contribution >= 4 is 23.6 Å². The van der Waals surface area contributed by atoms with Crippen LogP contribution in [0.3, 0.4) is 0 Å². The molecular weight excluding hydrogens is 390 g/mol. The highest BCUT2D eigenvalue weighted by Crippen LogP contribution is 2.30. The molecule has 31 heavy (non-hydrogen) atoms. The van der Waals surface area contributed by atoms with Crippen molar-refractivity contribution in [3.63, 3.8) is 0 Å². The second-order valence-electron chi connectivity index (χ2n) is 8.32. The van der Waals surface area contributed by atoms with Crippen LogP contribution >= 0.6 is 0 Å². The Morgan fingerprint density at radius 2 is 1.90 bits per heavy atom. The molecule has 6 nitrogen and oxygen atoms in total. The number of fused-ring (bicyclic) bond motifs is 1. The lowest BCUT2D eigenvalue weighted by Crippen LogP contribution is -2.35. The van der Waals surface area contributed by atoms with E-state index in [1.165, 1.54) is 25.9 Å². The van der Waals surface area contributed by atoms with Crippen molar-refractivity contribution in [3.05, 3.63) is 65.4 Å². The van der Waals surface area contributed by atoms with Gasteiger partial charge >= 0.3 is 0 Å². The van der Waals surface area contributed by atoms with Crippen molar-refractivity contribution in [2.24, 2.45) is 5.92 Å². The van der Waals surface area contributed by atoms with Crippen LogP contribution in [0, 0.1) is 5.92 Å². The fourth-order valence-electron chi connectivity index (χ4n) is 3.88. The summed E-state index contributed by atoms with van der Waals surface area (Å²) in [4.78, 5) is 27.1. The van der Waals surface area contributed by atoms with Gasteiger partial charge in [-0.15, -0.1) is 0 Å². The number of carbonyl (C=O) groups excluding carboxylic acids is 2. The van der Waals surface area contributed by atoms with Crippen LogP contribution in [0.2, 0.25) is 0 Å². The number of para-hydroxylation sites is 2. The second-order valence-corrected chi connectivity index (χ2v) is 8.32. The minimum absolute atomic E-state index is 0.0768. The average molecular weight is 420 g/mol. The summed E-state index contributed by atoms with van der Waals surface area (Å²) in [6.45, 7) is 6.35. The smallest absolute Gasteiger partial charge is 0.291 e. The molecule has 2 aromatic carbocycles. The summed E-state index contributed by atoms with van der Waals surface area (Å²) in [6, 6.07) is 14.5. The maximum atomic E-state index is 12.4. The summed E-state index contributed by atoms with van der Waals surface area (Å²) < 4.78 is 5.71. The van der Waals surface area contributed by atoms with Gasteiger partial charge in [0, 0.05) is 12.1 Å². The third-order valence-electron chi connectivity index (χ3n) is 5.86. The Hall–Kier alpha value is -3.12. The third-order valence-corrected chi connectivity index (χ3v) is 5.86. The first-order valence-electron chi connectivity index (χ1n) is 11.0. The van der Waals surface area contributed by atoms with Gasteiger partial charge in [0.1, 0.15) is 0 Å². The molecule has 0 aromatic heterocycles. The Bertz CT molecular complexity index is 960. The van der Waals surface area contributed by atoms with Gasteiger partial charge in [-0.05, 0) is 80.7 Å². The number of carbonyl (C=O) groups is 2. The van der Waals surface area contributed by atoms with Gasteiger partial charge in [0.05, 0.1) is 5.69 Å². The van der Waals surface area contributed by atoms with Crippen molar-refractivity contribution in [3.8, 4) is 5.75 Å². The van der Waals surface area contributed by atoms with E-state index in [2.05, 4.69) is 22.5 Å². The van der Waals surface area contributed by atoms with E-state index < -0.39 is 0 Å². The number of hydrogen-bond acceptors (Lipinski definition) is 4. The molecule has 0 bridgehead atoms. The van der Waals surface area contributed by atoms with Crippen molar-refractivity contribution < 1.29 is 14.3 Å². The van der Waals surface area contributed by atoms with Gasteiger partial charge in [-0.3, -0.25) is 9.59 Å². The van der Waals surface area contributed by atoms with Gasteiger partial charge in [0.25, 0.3) is 11.8 Å². The van der Waals surface area contributed by atoms with Crippen LogP contribution < -0.4 is 15.4 Å². The molecule has 0 unspecified atom stereocenters. The zero-order valence-electron chi connectivity index (χ0n) is 17.9. The van der Waals surface area contributed by atoms with Gasteiger partial charge in [0.15, 0.2) is 11.5 Å². The molecule has 0 radical (unpaired) electrons. The van der Waals surface area contributed by atoms with Crippen molar-refractivity contribution in [1.29, 1.82) is 0 Å². The lowest BCUT2D eigenvalue weighted by atomic mass is 9.99. The first-order valence-corrected chi connectivity index (χ1v) is 11.0. The van der Waals surface area contributed by atoms with E-state index in [9.17, 15) is 9.59 Å². The van der Waals surface area contributed by atoms with Crippen LogP contribution in [0.4, 0.5) is 5.69 Å². The number of likely N-dealkylation sites (tertiary alicyclic amines) is 1. The van der Waals surface area contributed by atoms with Crippen molar-refractivity contribution in [1.82, 2.24) is 10.2 Å². The monoisotopic (exact) mass is 419 g/mol. The van der Waals surface area contributed by atoms with Gasteiger partial charge in [-0.25, -0.2) is 0 Å². The molecular formula is C25H29N3O3. The first kappa shape index (κ1) is 21.1. The number of nitrogens with one attached hydrogen (secondary N) is 2. The number of anilines is 1. The molecule has 2 amide bonds. The highest BCUT2D eigenvalue weighted by Gasteiger charge is 2.21. The molecule has 162 valence electrons. The summed E-state index contributed by atoms with van der Waals surface area (Å²) in [5, 5.41) is 5.81. The number of piperidine rings is 1. The summed E-state index contributed by atoms with van der Waals surface area (Å²) in [5.41, 5.74) is 2.06. The number of amides is 2. The summed E-state index contributed by atoms with van der Waals surface area (Å²) in [7, 11) is 0. The number of benzene rings is 2. The molecule has 6 heteroatoms. The fourth-order valence-corrected chi connectivity index (χ4v) is 3.88. The lowest BCUT2D eigenvalue weighted by molar-refractivity contribution is -0.115. The van der Waals surface area contributed by atoms with Gasteiger partial charge in [-0.1, -0.05) is 31.2 Å². The molecule has 1 fully saturated rings. The Morgan fingerprint density at radius 3 is 2.68 bits per heavy atom. The van der Waals surface area contributed by atoms with E-state index in [0.717, 1.165) is 24.4 Å². The molecule has 2 aromatic rings.